The third-order valence-electron chi connectivity index (χ3n) is 2.79. The summed E-state index contributed by atoms with van der Waals surface area (Å²) in [6, 6.07) is 4.46. The molecular formula is C13H14FIN2O. The van der Waals surface area contributed by atoms with Crippen LogP contribution in [0.15, 0.2) is 30.6 Å². The Morgan fingerprint density at radius 1 is 1.50 bits per heavy atom. The van der Waals surface area contributed by atoms with Crippen molar-refractivity contribution >= 4 is 22.6 Å². The zero-order chi connectivity index (χ0) is 13.1. The fourth-order valence-electron chi connectivity index (χ4n) is 1.83. The lowest BCUT2D eigenvalue weighted by atomic mass is 10.0. The Hall–Kier alpha value is -0.950. The molecular weight excluding hydrogens is 346 g/mol. The molecule has 0 amide bonds. The molecule has 0 fully saturated rings. The van der Waals surface area contributed by atoms with Gasteiger partial charge in [-0.25, -0.2) is 4.39 Å². The fourth-order valence-corrected chi connectivity index (χ4v) is 2.67. The van der Waals surface area contributed by atoms with Crippen molar-refractivity contribution in [1.82, 2.24) is 9.78 Å². The van der Waals surface area contributed by atoms with Crippen molar-refractivity contribution in [2.45, 2.75) is 18.9 Å². The second kappa shape index (κ2) is 5.79. The van der Waals surface area contributed by atoms with Crippen LogP contribution in [-0.4, -0.2) is 14.9 Å². The van der Waals surface area contributed by atoms with Crippen molar-refractivity contribution < 1.29 is 9.50 Å². The summed E-state index contributed by atoms with van der Waals surface area (Å²) in [7, 11) is 1.86. The molecule has 0 radical (unpaired) electrons. The Morgan fingerprint density at radius 2 is 2.28 bits per heavy atom. The topological polar surface area (TPSA) is 38.0 Å². The molecule has 2 aromatic rings. The van der Waals surface area contributed by atoms with Gasteiger partial charge in [-0.3, -0.25) is 4.68 Å². The van der Waals surface area contributed by atoms with Crippen LogP contribution in [0, 0.1) is 9.39 Å². The molecule has 3 nitrogen and oxygen atoms in total. The van der Waals surface area contributed by atoms with E-state index in [1.165, 1.54) is 12.1 Å². The Kier molecular flexibility index (Phi) is 4.34. The molecule has 0 saturated carbocycles. The highest BCUT2D eigenvalue weighted by molar-refractivity contribution is 14.1. The number of hydrogen-bond acceptors (Lipinski definition) is 2. The van der Waals surface area contributed by atoms with Gasteiger partial charge in [-0.05, 0) is 58.7 Å². The maximum Gasteiger partial charge on any atom is 0.124 e. The van der Waals surface area contributed by atoms with E-state index in [1.807, 2.05) is 35.8 Å². The highest BCUT2D eigenvalue weighted by Crippen LogP contribution is 2.24. The first-order valence-electron chi connectivity index (χ1n) is 5.67. The van der Waals surface area contributed by atoms with Crippen LogP contribution in [0.1, 0.15) is 23.7 Å². The second-order valence-corrected chi connectivity index (χ2v) is 5.40. The predicted octanol–water partition coefficient (Wildman–Crippen LogP) is 2.83. The van der Waals surface area contributed by atoms with Crippen molar-refractivity contribution in [2.75, 3.05) is 0 Å². The first kappa shape index (κ1) is 13.5. The van der Waals surface area contributed by atoms with E-state index in [9.17, 15) is 9.50 Å². The molecule has 2 rings (SSSR count). The molecule has 1 aromatic carbocycles. The van der Waals surface area contributed by atoms with Crippen LogP contribution in [-0.2, 0) is 13.5 Å². The molecule has 0 spiro atoms. The normalized spacial score (nSPS) is 12.7. The van der Waals surface area contributed by atoms with E-state index in [-0.39, 0.29) is 5.82 Å². The van der Waals surface area contributed by atoms with Crippen LogP contribution < -0.4 is 0 Å². The Bertz CT molecular complexity index is 542. The lowest BCUT2D eigenvalue weighted by Gasteiger charge is -2.12. The number of halogens is 2. The van der Waals surface area contributed by atoms with Crippen molar-refractivity contribution in [3.63, 3.8) is 0 Å². The van der Waals surface area contributed by atoms with Crippen LogP contribution in [0.4, 0.5) is 4.39 Å². The van der Waals surface area contributed by atoms with E-state index in [0.717, 1.165) is 21.1 Å². The van der Waals surface area contributed by atoms with E-state index >= 15 is 0 Å². The summed E-state index contributed by atoms with van der Waals surface area (Å²) < 4.78 is 15.5. The monoisotopic (exact) mass is 360 g/mol. The van der Waals surface area contributed by atoms with Gasteiger partial charge >= 0.3 is 0 Å². The van der Waals surface area contributed by atoms with Crippen LogP contribution >= 0.6 is 22.6 Å². The van der Waals surface area contributed by atoms with E-state index in [1.54, 1.807) is 16.9 Å². The quantitative estimate of drug-likeness (QED) is 0.852. The van der Waals surface area contributed by atoms with Gasteiger partial charge in [0.2, 0.25) is 0 Å². The van der Waals surface area contributed by atoms with Crippen LogP contribution in [0.5, 0.6) is 0 Å². The van der Waals surface area contributed by atoms with Gasteiger partial charge in [-0.1, -0.05) is 6.07 Å². The summed E-state index contributed by atoms with van der Waals surface area (Å²) in [4.78, 5) is 0. The van der Waals surface area contributed by atoms with Crippen LogP contribution in [0.3, 0.4) is 0 Å². The largest absolute Gasteiger partial charge is 0.388 e. The smallest absolute Gasteiger partial charge is 0.124 e. The number of nitrogens with zero attached hydrogens (tertiary/aromatic N) is 2. The fraction of sp³-hybridized carbons (Fsp3) is 0.308. The number of aliphatic hydroxyl groups is 1. The van der Waals surface area contributed by atoms with Gasteiger partial charge in [0.05, 0.1) is 12.3 Å². The number of aliphatic hydroxyl groups excluding tert-OH is 1. The summed E-state index contributed by atoms with van der Waals surface area (Å²) >= 11 is 2.04. The van der Waals surface area contributed by atoms with Crippen molar-refractivity contribution in [3.05, 3.63) is 51.1 Å². The molecule has 1 unspecified atom stereocenters. The molecule has 0 aliphatic carbocycles. The molecule has 96 valence electrons. The summed E-state index contributed by atoms with van der Waals surface area (Å²) in [5, 5.41) is 14.2. The molecule has 0 aliphatic rings. The average molecular weight is 360 g/mol. The molecule has 1 heterocycles. The molecule has 0 bridgehead atoms. The number of aromatic nitrogens is 2. The van der Waals surface area contributed by atoms with Crippen molar-refractivity contribution in [3.8, 4) is 0 Å². The molecule has 1 N–H and O–H groups in total. The minimum absolute atomic E-state index is 0.275. The Labute approximate surface area is 119 Å². The molecule has 0 aliphatic heterocycles. The zero-order valence-corrected chi connectivity index (χ0v) is 12.1. The first-order valence-corrected chi connectivity index (χ1v) is 6.74. The van der Waals surface area contributed by atoms with Gasteiger partial charge < -0.3 is 5.11 Å². The SMILES string of the molecule is Cn1cc(CCC(O)c2ccc(F)cc2I)cn1. The van der Waals surface area contributed by atoms with Gasteiger partial charge in [-0.2, -0.15) is 5.10 Å². The van der Waals surface area contributed by atoms with E-state index < -0.39 is 6.10 Å². The third-order valence-corrected chi connectivity index (χ3v) is 3.72. The van der Waals surface area contributed by atoms with Gasteiger partial charge in [0.25, 0.3) is 0 Å². The Balaban J connectivity index is 2.01. The molecule has 18 heavy (non-hydrogen) atoms. The Morgan fingerprint density at radius 3 is 2.89 bits per heavy atom. The maximum absolute atomic E-state index is 13.0. The summed E-state index contributed by atoms with van der Waals surface area (Å²) in [5.41, 5.74) is 1.87. The van der Waals surface area contributed by atoms with Gasteiger partial charge in [0, 0.05) is 16.8 Å². The number of aryl methyl sites for hydroxylation is 2. The standard InChI is InChI=1S/C13H14FIN2O/c1-17-8-9(7-16-17)2-5-13(18)11-4-3-10(14)6-12(11)15/h3-4,6-8,13,18H,2,5H2,1H3. The van der Waals surface area contributed by atoms with Gasteiger partial charge in [-0.15, -0.1) is 0 Å². The lowest BCUT2D eigenvalue weighted by Crippen LogP contribution is -2.02. The number of benzene rings is 1. The average Bonchev–Trinajstić information content (AvgIpc) is 2.72. The summed E-state index contributed by atoms with van der Waals surface area (Å²) in [5.74, 6) is -0.275. The van der Waals surface area contributed by atoms with Crippen molar-refractivity contribution in [2.24, 2.45) is 7.05 Å². The molecule has 0 saturated heterocycles. The van der Waals surface area contributed by atoms with E-state index in [2.05, 4.69) is 5.10 Å². The van der Waals surface area contributed by atoms with Crippen molar-refractivity contribution in [1.29, 1.82) is 0 Å². The highest BCUT2D eigenvalue weighted by atomic mass is 127. The van der Waals surface area contributed by atoms with Crippen LogP contribution in [0.25, 0.3) is 0 Å². The summed E-state index contributed by atoms with van der Waals surface area (Å²) in [6.45, 7) is 0. The predicted molar refractivity (Wildman–Crippen MR) is 75.6 cm³/mol. The zero-order valence-electron chi connectivity index (χ0n) is 9.98. The van der Waals surface area contributed by atoms with E-state index in [0.29, 0.717) is 6.42 Å². The molecule has 1 aromatic heterocycles. The van der Waals surface area contributed by atoms with Gasteiger partial charge in [0.15, 0.2) is 0 Å². The highest BCUT2D eigenvalue weighted by Gasteiger charge is 2.12. The minimum Gasteiger partial charge on any atom is -0.388 e. The third kappa shape index (κ3) is 3.29. The van der Waals surface area contributed by atoms with Gasteiger partial charge in [0.1, 0.15) is 5.82 Å². The molecule has 1 atom stereocenters. The first-order chi connectivity index (χ1) is 8.56. The minimum atomic E-state index is -0.572. The van der Waals surface area contributed by atoms with Crippen LogP contribution in [0.2, 0.25) is 0 Å². The molecule has 5 heteroatoms. The number of rotatable bonds is 4. The second-order valence-electron chi connectivity index (χ2n) is 4.24. The summed E-state index contributed by atoms with van der Waals surface area (Å²) in [6.07, 6.45) is 4.51. The maximum atomic E-state index is 13.0. The lowest BCUT2D eigenvalue weighted by molar-refractivity contribution is 0.167. The van der Waals surface area contributed by atoms with E-state index in [4.69, 9.17) is 0 Å². The number of hydrogen-bond donors (Lipinski definition) is 1.